The highest BCUT2D eigenvalue weighted by atomic mass is 16.5. The summed E-state index contributed by atoms with van der Waals surface area (Å²) in [5, 5.41) is 0. The highest BCUT2D eigenvalue weighted by Gasteiger charge is 2.25. The minimum absolute atomic E-state index is 0.00494. The van der Waals surface area contributed by atoms with Crippen molar-refractivity contribution in [2.75, 3.05) is 20.8 Å². The Kier molecular flexibility index (Phi) is 6.23. The zero-order chi connectivity index (χ0) is 17.5. The lowest BCUT2D eigenvalue weighted by Gasteiger charge is -2.29. The maximum atomic E-state index is 12.3. The number of rotatable bonds is 7. The molecule has 24 heavy (non-hydrogen) atoms. The van der Waals surface area contributed by atoms with Gasteiger partial charge >= 0.3 is 5.97 Å². The molecule has 0 unspecified atom stereocenters. The summed E-state index contributed by atoms with van der Waals surface area (Å²) in [6.07, 6.45) is 3.10. The van der Waals surface area contributed by atoms with Crippen molar-refractivity contribution in [2.45, 2.75) is 32.7 Å². The third kappa shape index (κ3) is 4.28. The van der Waals surface area contributed by atoms with Crippen molar-refractivity contribution in [3.8, 4) is 11.5 Å². The van der Waals surface area contributed by atoms with Gasteiger partial charge in [0.1, 0.15) is 11.5 Å². The molecule has 0 N–H and O–H groups in total. The number of esters is 1. The Balaban J connectivity index is 2.21. The van der Waals surface area contributed by atoms with E-state index in [1.807, 2.05) is 18.2 Å². The minimum Gasteiger partial charge on any atom is -0.497 e. The van der Waals surface area contributed by atoms with Gasteiger partial charge in [0.15, 0.2) is 0 Å². The van der Waals surface area contributed by atoms with Crippen LogP contribution >= 0.6 is 0 Å². The van der Waals surface area contributed by atoms with Crippen molar-refractivity contribution in [3.63, 3.8) is 0 Å². The number of methoxy groups -OCH3 is 2. The van der Waals surface area contributed by atoms with E-state index < -0.39 is 0 Å². The quantitative estimate of drug-likeness (QED) is 0.718. The smallest absolute Gasteiger partial charge is 0.311 e. The van der Waals surface area contributed by atoms with Crippen LogP contribution in [0.25, 0.3) is 0 Å². The Hall–Kier alpha value is -2.50. The summed E-state index contributed by atoms with van der Waals surface area (Å²) < 4.78 is 15.6. The van der Waals surface area contributed by atoms with Gasteiger partial charge in [0.05, 0.1) is 33.8 Å². The van der Waals surface area contributed by atoms with E-state index in [4.69, 9.17) is 14.2 Å². The molecule has 0 fully saturated rings. The van der Waals surface area contributed by atoms with E-state index in [-0.39, 0.29) is 18.3 Å². The van der Waals surface area contributed by atoms with Crippen molar-refractivity contribution in [2.24, 2.45) is 0 Å². The van der Waals surface area contributed by atoms with Crippen molar-refractivity contribution in [1.29, 1.82) is 0 Å². The van der Waals surface area contributed by atoms with E-state index >= 15 is 0 Å². The van der Waals surface area contributed by atoms with Crippen LogP contribution in [0.3, 0.4) is 0 Å². The largest absolute Gasteiger partial charge is 0.497 e. The summed E-state index contributed by atoms with van der Waals surface area (Å²) in [5.41, 5.74) is 1.53. The lowest BCUT2D eigenvalue weighted by atomic mass is 10.1. The fourth-order valence-electron chi connectivity index (χ4n) is 2.64. The topological polar surface area (TPSA) is 65.1 Å². The number of carbonyl (C=O) groups excluding carboxylic acids is 2. The SMILES string of the molecule is CCOC(=O)CC1=CCCC(=O)N1Cc1ccc(OC)cc1OC. The summed E-state index contributed by atoms with van der Waals surface area (Å²) in [4.78, 5) is 25.7. The summed E-state index contributed by atoms with van der Waals surface area (Å²) >= 11 is 0. The molecule has 1 aromatic carbocycles. The number of benzene rings is 1. The van der Waals surface area contributed by atoms with E-state index in [1.54, 1.807) is 32.1 Å². The highest BCUT2D eigenvalue weighted by Crippen LogP contribution is 2.29. The molecule has 1 aliphatic rings. The Bertz CT molecular complexity index is 638. The standard InChI is InChI=1S/C18H23NO5/c1-4-24-18(21)10-14-6-5-7-17(20)19(14)12-13-8-9-15(22-2)11-16(13)23-3/h6,8-9,11H,4-5,7,10,12H2,1-3H3. The van der Waals surface area contributed by atoms with Crippen LogP contribution in [0, 0.1) is 0 Å². The van der Waals surface area contributed by atoms with Crippen LogP contribution in [0.5, 0.6) is 11.5 Å². The summed E-state index contributed by atoms with van der Waals surface area (Å²) in [6.45, 7) is 2.43. The molecule has 0 bridgehead atoms. The zero-order valence-corrected chi connectivity index (χ0v) is 14.3. The van der Waals surface area contributed by atoms with Gasteiger partial charge in [-0.25, -0.2) is 0 Å². The third-order valence-corrected chi connectivity index (χ3v) is 3.84. The lowest BCUT2D eigenvalue weighted by Crippen LogP contribution is -2.33. The molecule has 0 spiro atoms. The monoisotopic (exact) mass is 333 g/mol. The minimum atomic E-state index is -0.329. The van der Waals surface area contributed by atoms with E-state index in [9.17, 15) is 9.59 Å². The molecule has 0 aliphatic carbocycles. The summed E-state index contributed by atoms with van der Waals surface area (Å²) in [6, 6.07) is 5.46. The number of ether oxygens (including phenoxy) is 3. The van der Waals surface area contributed by atoms with E-state index in [2.05, 4.69) is 0 Å². The van der Waals surface area contributed by atoms with Crippen LogP contribution in [0.1, 0.15) is 31.7 Å². The maximum absolute atomic E-state index is 12.3. The van der Waals surface area contributed by atoms with Crippen molar-refractivity contribution in [1.82, 2.24) is 4.90 Å². The molecule has 6 heteroatoms. The summed E-state index contributed by atoms with van der Waals surface area (Å²) in [7, 11) is 3.16. The normalized spacial score (nSPS) is 14.2. The number of amides is 1. The second kappa shape index (κ2) is 8.38. The van der Waals surface area contributed by atoms with E-state index in [0.717, 1.165) is 5.56 Å². The summed E-state index contributed by atoms with van der Waals surface area (Å²) in [5.74, 6) is 0.992. The lowest BCUT2D eigenvalue weighted by molar-refractivity contribution is -0.143. The Labute approximate surface area is 142 Å². The molecule has 0 aromatic heterocycles. The van der Waals surface area contributed by atoms with Gasteiger partial charge in [-0.15, -0.1) is 0 Å². The first kappa shape index (κ1) is 17.8. The predicted molar refractivity (Wildman–Crippen MR) is 88.7 cm³/mol. The molecule has 0 saturated carbocycles. The average Bonchev–Trinajstić information content (AvgIpc) is 2.58. The molecule has 6 nitrogen and oxygen atoms in total. The molecule has 0 saturated heterocycles. The first-order chi connectivity index (χ1) is 11.6. The average molecular weight is 333 g/mol. The molecule has 1 aromatic rings. The van der Waals surface area contributed by atoms with Gasteiger partial charge in [-0.05, 0) is 25.5 Å². The fourth-order valence-corrected chi connectivity index (χ4v) is 2.64. The molecule has 0 radical (unpaired) electrons. The number of hydrogen-bond acceptors (Lipinski definition) is 5. The number of allylic oxidation sites excluding steroid dienone is 1. The van der Waals surface area contributed by atoms with Crippen LogP contribution in [0.4, 0.5) is 0 Å². The van der Waals surface area contributed by atoms with Crippen molar-refractivity contribution in [3.05, 3.63) is 35.5 Å². The van der Waals surface area contributed by atoms with Crippen LogP contribution in [-0.4, -0.2) is 37.6 Å². The first-order valence-corrected chi connectivity index (χ1v) is 7.95. The first-order valence-electron chi connectivity index (χ1n) is 7.95. The number of hydrogen-bond donors (Lipinski definition) is 0. The Morgan fingerprint density at radius 2 is 2.04 bits per heavy atom. The van der Waals surface area contributed by atoms with E-state index in [1.165, 1.54) is 0 Å². The van der Waals surface area contributed by atoms with Gasteiger partial charge < -0.3 is 19.1 Å². The van der Waals surface area contributed by atoms with Crippen LogP contribution in [-0.2, 0) is 20.9 Å². The third-order valence-electron chi connectivity index (χ3n) is 3.84. The highest BCUT2D eigenvalue weighted by molar-refractivity contribution is 5.82. The maximum Gasteiger partial charge on any atom is 0.311 e. The molecular formula is C18H23NO5. The predicted octanol–water partition coefficient (Wildman–Crippen LogP) is 2.66. The van der Waals surface area contributed by atoms with E-state index in [0.29, 0.717) is 43.2 Å². The molecule has 1 aliphatic heterocycles. The molecule has 1 amide bonds. The van der Waals surface area contributed by atoms with Gasteiger partial charge in [0.2, 0.25) is 5.91 Å². The number of nitrogens with zero attached hydrogens (tertiary/aromatic N) is 1. The van der Waals surface area contributed by atoms with Gasteiger partial charge in [0.25, 0.3) is 0 Å². The van der Waals surface area contributed by atoms with Gasteiger partial charge in [0, 0.05) is 23.7 Å². The second-order valence-electron chi connectivity index (χ2n) is 5.37. The molecular weight excluding hydrogens is 310 g/mol. The Morgan fingerprint density at radius 3 is 2.71 bits per heavy atom. The molecule has 0 atom stereocenters. The second-order valence-corrected chi connectivity index (χ2v) is 5.37. The van der Waals surface area contributed by atoms with Crippen LogP contribution in [0.2, 0.25) is 0 Å². The molecule has 2 rings (SSSR count). The molecule has 1 heterocycles. The Morgan fingerprint density at radius 1 is 1.25 bits per heavy atom. The zero-order valence-electron chi connectivity index (χ0n) is 14.3. The van der Waals surface area contributed by atoms with Gasteiger partial charge in [-0.2, -0.15) is 0 Å². The molecule has 130 valence electrons. The van der Waals surface area contributed by atoms with Crippen molar-refractivity contribution >= 4 is 11.9 Å². The number of carbonyl (C=O) groups is 2. The van der Waals surface area contributed by atoms with Crippen LogP contribution < -0.4 is 9.47 Å². The van der Waals surface area contributed by atoms with Gasteiger partial charge in [-0.3, -0.25) is 9.59 Å². The van der Waals surface area contributed by atoms with Crippen LogP contribution in [0.15, 0.2) is 30.0 Å². The fraction of sp³-hybridized carbons (Fsp3) is 0.444. The van der Waals surface area contributed by atoms with Gasteiger partial charge in [-0.1, -0.05) is 6.08 Å². The van der Waals surface area contributed by atoms with Crippen molar-refractivity contribution < 1.29 is 23.8 Å².